The van der Waals surface area contributed by atoms with Gasteiger partial charge in [-0.05, 0) is 54.6 Å². The van der Waals surface area contributed by atoms with E-state index in [4.69, 9.17) is 5.14 Å². The number of nitrogens with two attached hydrogens (primary N) is 1. The van der Waals surface area contributed by atoms with Crippen LogP contribution in [-0.2, 0) is 21.4 Å². The molecule has 1 aromatic heterocycles. The molecular weight excluding hydrogens is 459 g/mol. The molecule has 1 aliphatic rings. The number of imide groups is 1. The van der Waals surface area contributed by atoms with Crippen molar-refractivity contribution in [3.05, 3.63) is 48.3 Å². The summed E-state index contributed by atoms with van der Waals surface area (Å²) in [5.74, 6) is -0.660. The van der Waals surface area contributed by atoms with Crippen LogP contribution in [-0.4, -0.2) is 36.4 Å². The maximum Gasteiger partial charge on any atom is 0.446 e. The zero-order valence-electron chi connectivity index (χ0n) is 15.8. The zero-order chi connectivity index (χ0) is 23.0. The standard InChI is InChI=1S/C17H16F3N5O4S2/c1-16(8-10-6-7-22-9-13(10)24-31(21,28)29)14(26)25(15(27)23-16)11-2-4-12(5-3-11)30-17(18,19)20/h2-7,9,24H,8H2,1H3,(H,23,27)(H2,21,28,29). The number of hydrogen-bond donors (Lipinski definition) is 3. The van der Waals surface area contributed by atoms with E-state index < -0.39 is 33.2 Å². The Balaban J connectivity index is 1.85. The van der Waals surface area contributed by atoms with Crippen LogP contribution in [0.4, 0.5) is 29.3 Å². The quantitative estimate of drug-likeness (QED) is 0.434. The highest BCUT2D eigenvalue weighted by Gasteiger charge is 2.48. The van der Waals surface area contributed by atoms with Gasteiger partial charge < -0.3 is 5.32 Å². The number of carbonyl (C=O) groups excluding carboxylic acids is 2. The molecule has 4 N–H and O–H groups in total. The summed E-state index contributed by atoms with van der Waals surface area (Å²) in [5, 5.41) is 7.54. The van der Waals surface area contributed by atoms with Gasteiger partial charge in [0.05, 0.1) is 17.6 Å². The van der Waals surface area contributed by atoms with Gasteiger partial charge >= 0.3 is 11.5 Å². The van der Waals surface area contributed by atoms with Crippen LogP contribution < -0.4 is 20.1 Å². The van der Waals surface area contributed by atoms with Gasteiger partial charge in [0.2, 0.25) is 0 Å². The van der Waals surface area contributed by atoms with E-state index in [-0.39, 0.29) is 34.5 Å². The molecular formula is C17H16F3N5O4S2. The van der Waals surface area contributed by atoms with E-state index >= 15 is 0 Å². The molecule has 0 aliphatic carbocycles. The fraction of sp³-hybridized carbons (Fsp3) is 0.235. The summed E-state index contributed by atoms with van der Waals surface area (Å²) in [6.45, 7) is 1.45. The Kier molecular flexibility index (Phi) is 5.90. The van der Waals surface area contributed by atoms with E-state index in [1.165, 1.54) is 37.5 Å². The summed E-state index contributed by atoms with van der Waals surface area (Å²) in [6.07, 6.45) is 2.48. The van der Waals surface area contributed by atoms with Crippen molar-refractivity contribution in [3.63, 3.8) is 0 Å². The van der Waals surface area contributed by atoms with Crippen molar-refractivity contribution in [1.29, 1.82) is 0 Å². The number of hydrogen-bond acceptors (Lipinski definition) is 6. The van der Waals surface area contributed by atoms with Gasteiger partial charge in [0.25, 0.3) is 16.1 Å². The number of carbonyl (C=O) groups is 2. The molecule has 0 radical (unpaired) electrons. The Morgan fingerprint density at radius 2 is 1.87 bits per heavy atom. The largest absolute Gasteiger partial charge is 0.446 e. The lowest BCUT2D eigenvalue weighted by Gasteiger charge is -2.23. The van der Waals surface area contributed by atoms with Crippen LogP contribution in [0.1, 0.15) is 12.5 Å². The van der Waals surface area contributed by atoms with Crippen LogP contribution in [0.2, 0.25) is 0 Å². The normalized spacial score (nSPS) is 19.5. The highest BCUT2D eigenvalue weighted by molar-refractivity contribution is 8.00. The molecule has 31 heavy (non-hydrogen) atoms. The van der Waals surface area contributed by atoms with Gasteiger partial charge in [-0.1, -0.05) is 0 Å². The van der Waals surface area contributed by atoms with Gasteiger partial charge in [-0.15, -0.1) is 0 Å². The number of pyridine rings is 1. The van der Waals surface area contributed by atoms with Gasteiger partial charge in [-0.3, -0.25) is 14.5 Å². The Hall–Kier alpha value is -2.84. The van der Waals surface area contributed by atoms with Crippen molar-refractivity contribution in [1.82, 2.24) is 10.3 Å². The molecule has 166 valence electrons. The van der Waals surface area contributed by atoms with Crippen LogP contribution >= 0.6 is 11.8 Å². The number of amides is 3. The van der Waals surface area contributed by atoms with Crippen molar-refractivity contribution >= 4 is 45.3 Å². The van der Waals surface area contributed by atoms with Crippen molar-refractivity contribution in [2.45, 2.75) is 29.3 Å². The fourth-order valence-corrected chi connectivity index (χ4v) is 4.07. The number of thioether (sulfide) groups is 1. The summed E-state index contributed by atoms with van der Waals surface area (Å²) >= 11 is -0.315. The third kappa shape index (κ3) is 5.45. The molecule has 1 fully saturated rings. The van der Waals surface area contributed by atoms with Gasteiger partial charge in [0.15, 0.2) is 0 Å². The Labute approximate surface area is 179 Å². The second kappa shape index (κ2) is 8.01. The monoisotopic (exact) mass is 475 g/mol. The van der Waals surface area contributed by atoms with E-state index in [1.54, 1.807) is 0 Å². The number of nitrogens with zero attached hydrogens (tertiary/aromatic N) is 2. The smallest absolute Gasteiger partial charge is 0.323 e. The van der Waals surface area contributed by atoms with E-state index in [9.17, 15) is 31.2 Å². The lowest BCUT2D eigenvalue weighted by Crippen LogP contribution is -2.46. The second-order valence-corrected chi connectivity index (χ2v) is 9.23. The Morgan fingerprint density at radius 3 is 2.45 bits per heavy atom. The van der Waals surface area contributed by atoms with Crippen LogP contribution in [0.5, 0.6) is 0 Å². The lowest BCUT2D eigenvalue weighted by molar-refractivity contribution is -0.121. The summed E-state index contributed by atoms with van der Waals surface area (Å²) in [5.41, 5.74) is -5.43. The topological polar surface area (TPSA) is 134 Å². The molecule has 1 saturated heterocycles. The zero-order valence-corrected chi connectivity index (χ0v) is 17.4. The predicted octanol–water partition coefficient (Wildman–Crippen LogP) is 2.37. The minimum atomic E-state index is -4.46. The number of rotatable bonds is 6. The fourth-order valence-electron chi connectivity index (χ4n) is 3.04. The van der Waals surface area contributed by atoms with Crippen LogP contribution in [0, 0.1) is 0 Å². The minimum absolute atomic E-state index is 0.0419. The highest BCUT2D eigenvalue weighted by Crippen LogP contribution is 2.38. The van der Waals surface area contributed by atoms with E-state index in [0.29, 0.717) is 5.56 Å². The van der Waals surface area contributed by atoms with Gasteiger partial charge in [-0.25, -0.2) is 14.8 Å². The average molecular weight is 475 g/mol. The van der Waals surface area contributed by atoms with E-state index in [0.717, 1.165) is 17.0 Å². The first kappa shape index (κ1) is 22.8. The molecule has 14 heteroatoms. The van der Waals surface area contributed by atoms with Crippen molar-refractivity contribution < 1.29 is 31.2 Å². The molecule has 2 aromatic rings. The van der Waals surface area contributed by atoms with Gasteiger partial charge in [0.1, 0.15) is 5.54 Å². The van der Waals surface area contributed by atoms with Gasteiger partial charge in [-0.2, -0.15) is 21.6 Å². The van der Waals surface area contributed by atoms with Gasteiger partial charge in [0, 0.05) is 17.5 Å². The predicted molar refractivity (Wildman–Crippen MR) is 107 cm³/mol. The number of halogens is 3. The molecule has 3 rings (SSSR count). The molecule has 0 bridgehead atoms. The second-order valence-electron chi connectivity index (χ2n) is 6.80. The first-order chi connectivity index (χ1) is 14.3. The molecule has 0 saturated carbocycles. The Morgan fingerprint density at radius 1 is 1.23 bits per heavy atom. The minimum Gasteiger partial charge on any atom is -0.323 e. The molecule has 1 unspecified atom stereocenters. The van der Waals surface area contributed by atoms with Crippen molar-refractivity contribution in [3.8, 4) is 0 Å². The molecule has 1 aliphatic heterocycles. The summed E-state index contributed by atoms with van der Waals surface area (Å²) in [6, 6.07) is 5.47. The molecule has 1 atom stereocenters. The summed E-state index contributed by atoms with van der Waals surface area (Å²) in [4.78, 5) is 30.0. The summed E-state index contributed by atoms with van der Waals surface area (Å²) in [7, 11) is -4.10. The maximum absolute atomic E-state index is 13.0. The van der Waals surface area contributed by atoms with E-state index in [2.05, 4.69) is 15.0 Å². The number of alkyl halides is 3. The third-order valence-electron chi connectivity index (χ3n) is 4.30. The first-order valence-electron chi connectivity index (χ1n) is 8.53. The van der Waals surface area contributed by atoms with Crippen LogP contribution in [0.15, 0.2) is 47.6 Å². The molecule has 2 heterocycles. The number of aromatic nitrogens is 1. The van der Waals surface area contributed by atoms with Crippen molar-refractivity contribution in [2.75, 3.05) is 9.62 Å². The average Bonchev–Trinajstić information content (AvgIpc) is 2.84. The first-order valence-corrected chi connectivity index (χ1v) is 10.9. The Bertz CT molecular complexity index is 1130. The number of urea groups is 1. The van der Waals surface area contributed by atoms with Crippen molar-refractivity contribution in [2.24, 2.45) is 5.14 Å². The van der Waals surface area contributed by atoms with E-state index in [1.807, 2.05) is 0 Å². The summed E-state index contributed by atoms with van der Waals surface area (Å²) < 4.78 is 62.3. The third-order valence-corrected chi connectivity index (χ3v) is 5.54. The van der Waals surface area contributed by atoms with Crippen LogP contribution in [0.3, 0.4) is 0 Å². The van der Waals surface area contributed by atoms with Crippen LogP contribution in [0.25, 0.3) is 0 Å². The number of benzene rings is 1. The molecule has 9 nitrogen and oxygen atoms in total. The number of nitrogens with one attached hydrogen (secondary N) is 2. The molecule has 1 aromatic carbocycles. The maximum atomic E-state index is 13.0. The lowest BCUT2D eigenvalue weighted by atomic mass is 9.92. The number of anilines is 2. The SMILES string of the molecule is CC1(Cc2ccncc2NS(N)(=O)=O)NC(=O)N(c2ccc(SC(F)(F)F)cc2)C1=O. The molecule has 0 spiro atoms. The molecule has 3 amide bonds. The highest BCUT2D eigenvalue weighted by atomic mass is 32.2.